The van der Waals surface area contributed by atoms with Crippen molar-refractivity contribution < 1.29 is 14.3 Å². The molecule has 0 bridgehead atoms. The Morgan fingerprint density at radius 3 is 2.72 bits per heavy atom. The van der Waals surface area contributed by atoms with Gasteiger partial charge in [0.15, 0.2) is 0 Å². The maximum atomic E-state index is 11.6. The molecule has 5 heteroatoms. The van der Waals surface area contributed by atoms with E-state index < -0.39 is 0 Å². The molecule has 0 spiro atoms. The summed E-state index contributed by atoms with van der Waals surface area (Å²) in [5, 5.41) is 2.97. The molecule has 1 amide bonds. The number of likely N-dealkylation sites (tertiary alicyclic amines) is 1. The molecule has 1 atom stereocenters. The fourth-order valence-corrected chi connectivity index (χ4v) is 2.43. The lowest BCUT2D eigenvalue weighted by molar-refractivity contribution is -0.148. The highest BCUT2D eigenvalue weighted by molar-refractivity contribution is 5.77. The van der Waals surface area contributed by atoms with E-state index in [4.69, 9.17) is 4.74 Å². The van der Waals surface area contributed by atoms with Gasteiger partial charge in [-0.15, -0.1) is 0 Å². The Morgan fingerprint density at radius 2 is 2.06 bits per heavy atom. The van der Waals surface area contributed by atoms with Crippen LogP contribution in [0.5, 0.6) is 0 Å². The number of ether oxygens (including phenoxy) is 1. The minimum Gasteiger partial charge on any atom is -0.468 e. The van der Waals surface area contributed by atoms with E-state index in [0.717, 1.165) is 38.6 Å². The Labute approximate surface area is 108 Å². The van der Waals surface area contributed by atoms with Crippen LogP contribution >= 0.6 is 0 Å². The fourth-order valence-electron chi connectivity index (χ4n) is 2.43. The average molecular weight is 254 g/mol. The van der Waals surface area contributed by atoms with Gasteiger partial charge in [0.25, 0.3) is 0 Å². The molecule has 2 rings (SSSR count). The molecule has 2 fully saturated rings. The van der Waals surface area contributed by atoms with E-state index in [1.165, 1.54) is 7.11 Å². The van der Waals surface area contributed by atoms with Crippen LogP contribution in [-0.2, 0) is 14.3 Å². The molecule has 1 N–H and O–H groups in total. The first-order valence-corrected chi connectivity index (χ1v) is 6.82. The van der Waals surface area contributed by atoms with E-state index in [1.807, 2.05) is 0 Å². The van der Waals surface area contributed by atoms with Crippen LogP contribution in [0.4, 0.5) is 0 Å². The van der Waals surface area contributed by atoms with Gasteiger partial charge in [0.1, 0.15) is 6.04 Å². The molecule has 2 aliphatic rings. The minimum absolute atomic E-state index is 0.103. The number of nitrogens with one attached hydrogen (secondary N) is 1. The van der Waals surface area contributed by atoms with Crippen molar-refractivity contribution in [2.75, 3.05) is 20.2 Å². The molecule has 18 heavy (non-hydrogen) atoms. The van der Waals surface area contributed by atoms with Gasteiger partial charge >= 0.3 is 5.97 Å². The lowest BCUT2D eigenvalue weighted by Crippen LogP contribution is -2.46. The molecular weight excluding hydrogens is 232 g/mol. The van der Waals surface area contributed by atoms with Crippen LogP contribution in [0.2, 0.25) is 0 Å². The third-order valence-corrected chi connectivity index (χ3v) is 3.66. The largest absolute Gasteiger partial charge is 0.468 e. The molecule has 0 aromatic heterocycles. The molecule has 0 aromatic rings. The monoisotopic (exact) mass is 254 g/mol. The molecule has 1 aliphatic heterocycles. The number of hydrogen-bond acceptors (Lipinski definition) is 4. The lowest BCUT2D eigenvalue weighted by atomic mass is 10.0. The third kappa shape index (κ3) is 3.70. The topological polar surface area (TPSA) is 58.6 Å². The van der Waals surface area contributed by atoms with Crippen LogP contribution in [0.1, 0.15) is 38.5 Å². The van der Waals surface area contributed by atoms with Gasteiger partial charge in [-0.25, -0.2) is 0 Å². The molecule has 102 valence electrons. The van der Waals surface area contributed by atoms with E-state index in [1.54, 1.807) is 0 Å². The van der Waals surface area contributed by atoms with E-state index in [9.17, 15) is 9.59 Å². The average Bonchev–Trinajstić information content (AvgIpc) is 3.19. The number of carbonyl (C=O) groups excluding carboxylic acids is 2. The molecule has 0 radical (unpaired) electrons. The van der Waals surface area contributed by atoms with E-state index in [2.05, 4.69) is 10.2 Å². The fraction of sp³-hybridized carbons (Fsp3) is 0.846. The SMILES string of the molecule is COC(=O)C1CCCCN1CCC(=O)NC1CC1. The number of methoxy groups -OCH3 is 1. The summed E-state index contributed by atoms with van der Waals surface area (Å²) in [6, 6.07) is 0.257. The van der Waals surface area contributed by atoms with Gasteiger partial charge < -0.3 is 10.1 Å². The van der Waals surface area contributed by atoms with E-state index >= 15 is 0 Å². The van der Waals surface area contributed by atoms with Crippen molar-refractivity contribution in [3.63, 3.8) is 0 Å². The zero-order valence-corrected chi connectivity index (χ0v) is 11.0. The highest BCUT2D eigenvalue weighted by atomic mass is 16.5. The van der Waals surface area contributed by atoms with Crippen LogP contribution in [0, 0.1) is 0 Å². The Morgan fingerprint density at radius 1 is 1.28 bits per heavy atom. The maximum absolute atomic E-state index is 11.6. The summed E-state index contributed by atoms with van der Waals surface area (Å²) in [7, 11) is 1.43. The predicted molar refractivity (Wildman–Crippen MR) is 67.0 cm³/mol. The number of carbonyl (C=O) groups is 2. The number of esters is 1. The van der Waals surface area contributed by atoms with Crippen molar-refractivity contribution in [3.8, 4) is 0 Å². The minimum atomic E-state index is -0.169. The molecule has 1 saturated carbocycles. The number of hydrogen-bond donors (Lipinski definition) is 1. The van der Waals surface area contributed by atoms with E-state index in [0.29, 0.717) is 19.0 Å². The summed E-state index contributed by atoms with van der Waals surface area (Å²) in [5.41, 5.74) is 0. The Balaban J connectivity index is 1.77. The van der Waals surface area contributed by atoms with Gasteiger partial charge in [-0.05, 0) is 32.2 Å². The van der Waals surface area contributed by atoms with Gasteiger partial charge in [-0.3, -0.25) is 14.5 Å². The van der Waals surface area contributed by atoms with Crippen LogP contribution in [-0.4, -0.2) is 49.1 Å². The molecule has 1 unspecified atom stereocenters. The highest BCUT2D eigenvalue weighted by Crippen LogP contribution is 2.20. The van der Waals surface area contributed by atoms with Crippen LogP contribution in [0.3, 0.4) is 0 Å². The second kappa shape index (κ2) is 6.18. The zero-order valence-electron chi connectivity index (χ0n) is 11.0. The van der Waals surface area contributed by atoms with Crippen molar-refractivity contribution >= 4 is 11.9 Å². The van der Waals surface area contributed by atoms with Crippen LogP contribution in [0.25, 0.3) is 0 Å². The standard InChI is InChI=1S/C13H22N2O3/c1-18-13(17)11-4-2-3-8-15(11)9-7-12(16)14-10-5-6-10/h10-11H,2-9H2,1H3,(H,14,16). The second-order valence-electron chi connectivity index (χ2n) is 5.16. The highest BCUT2D eigenvalue weighted by Gasteiger charge is 2.30. The number of amides is 1. The van der Waals surface area contributed by atoms with Crippen molar-refractivity contribution in [2.45, 2.75) is 50.6 Å². The number of rotatable bonds is 5. The summed E-state index contributed by atoms with van der Waals surface area (Å²) >= 11 is 0. The Kier molecular flexibility index (Phi) is 4.58. The molecule has 5 nitrogen and oxygen atoms in total. The van der Waals surface area contributed by atoms with Gasteiger partial charge in [0, 0.05) is 19.0 Å². The van der Waals surface area contributed by atoms with Crippen molar-refractivity contribution in [1.82, 2.24) is 10.2 Å². The van der Waals surface area contributed by atoms with Crippen molar-refractivity contribution in [3.05, 3.63) is 0 Å². The van der Waals surface area contributed by atoms with Crippen molar-refractivity contribution in [1.29, 1.82) is 0 Å². The van der Waals surface area contributed by atoms with Crippen LogP contribution in [0.15, 0.2) is 0 Å². The first-order valence-electron chi connectivity index (χ1n) is 6.82. The summed E-state index contributed by atoms with van der Waals surface area (Å²) < 4.78 is 4.82. The first-order chi connectivity index (χ1) is 8.70. The van der Waals surface area contributed by atoms with Gasteiger partial charge in [-0.2, -0.15) is 0 Å². The molecule has 0 aromatic carbocycles. The third-order valence-electron chi connectivity index (χ3n) is 3.66. The maximum Gasteiger partial charge on any atom is 0.323 e. The normalized spacial score (nSPS) is 24.6. The number of nitrogens with zero attached hydrogens (tertiary/aromatic N) is 1. The second-order valence-corrected chi connectivity index (χ2v) is 5.16. The molecule has 1 heterocycles. The van der Waals surface area contributed by atoms with Gasteiger partial charge in [0.2, 0.25) is 5.91 Å². The lowest BCUT2D eigenvalue weighted by Gasteiger charge is -2.33. The van der Waals surface area contributed by atoms with Gasteiger partial charge in [-0.1, -0.05) is 6.42 Å². The summed E-state index contributed by atoms with van der Waals surface area (Å²) in [5.74, 6) is -0.0657. The van der Waals surface area contributed by atoms with Crippen LogP contribution < -0.4 is 5.32 Å². The van der Waals surface area contributed by atoms with Crippen molar-refractivity contribution in [2.24, 2.45) is 0 Å². The zero-order chi connectivity index (χ0) is 13.0. The molecule has 1 saturated heterocycles. The molecule has 1 aliphatic carbocycles. The summed E-state index contributed by atoms with van der Waals surface area (Å²) in [6.45, 7) is 1.54. The smallest absolute Gasteiger partial charge is 0.323 e. The predicted octanol–water partition coefficient (Wildman–Crippen LogP) is 0.683. The van der Waals surface area contributed by atoms with Gasteiger partial charge in [0.05, 0.1) is 7.11 Å². The number of piperidine rings is 1. The quantitative estimate of drug-likeness (QED) is 0.733. The summed E-state index contributed by atoms with van der Waals surface area (Å²) in [6.07, 6.45) is 5.70. The van der Waals surface area contributed by atoms with E-state index in [-0.39, 0.29) is 17.9 Å². The Bertz CT molecular complexity index is 315. The molecular formula is C13H22N2O3. The summed E-state index contributed by atoms with van der Waals surface area (Å²) in [4.78, 5) is 25.4. The first kappa shape index (κ1) is 13.3. The Hall–Kier alpha value is -1.10.